The molecule has 3 fully saturated rings. The highest BCUT2D eigenvalue weighted by molar-refractivity contribution is 5.97. The second kappa shape index (κ2) is 9.65. The number of aromatic nitrogens is 2. The minimum absolute atomic E-state index is 0.154. The van der Waals surface area contributed by atoms with Gasteiger partial charge in [-0.1, -0.05) is 30.3 Å². The maximum Gasteiger partial charge on any atom is 0.254 e. The number of hydrogen-bond donors (Lipinski definition) is 0. The van der Waals surface area contributed by atoms with Crippen molar-refractivity contribution >= 4 is 5.91 Å². The topological polar surface area (TPSA) is 44.6 Å². The minimum Gasteiger partial charge on any atom is -0.338 e. The Morgan fingerprint density at radius 2 is 1.61 bits per heavy atom. The van der Waals surface area contributed by atoms with Gasteiger partial charge in [0.2, 0.25) is 0 Å². The van der Waals surface area contributed by atoms with E-state index in [2.05, 4.69) is 88.3 Å². The molecule has 1 saturated carbocycles. The fourth-order valence-electron chi connectivity index (χ4n) is 7.12. The summed E-state index contributed by atoms with van der Waals surface area (Å²) in [6.07, 6.45) is 10.2. The number of piperidine rings is 1. The largest absolute Gasteiger partial charge is 0.338 e. The van der Waals surface area contributed by atoms with Gasteiger partial charge < -0.3 is 9.47 Å². The number of piperazine rings is 1. The van der Waals surface area contributed by atoms with E-state index in [1.54, 1.807) is 0 Å². The van der Waals surface area contributed by atoms with Crippen molar-refractivity contribution in [3.8, 4) is 5.69 Å². The summed E-state index contributed by atoms with van der Waals surface area (Å²) in [4.78, 5) is 25.1. The Morgan fingerprint density at radius 1 is 0.921 bits per heavy atom. The van der Waals surface area contributed by atoms with E-state index in [-0.39, 0.29) is 17.0 Å². The number of benzene rings is 2. The van der Waals surface area contributed by atoms with Crippen LogP contribution in [0.1, 0.15) is 66.6 Å². The molecule has 0 radical (unpaired) electrons. The Kier molecular flexibility index (Phi) is 6.43. The third kappa shape index (κ3) is 4.38. The number of hydrogen-bond acceptors (Lipinski definition) is 4. The molecule has 200 valence electrons. The first-order valence-electron chi connectivity index (χ1n) is 14.3. The van der Waals surface area contributed by atoms with E-state index in [1.807, 2.05) is 24.8 Å². The zero-order valence-corrected chi connectivity index (χ0v) is 23.4. The van der Waals surface area contributed by atoms with E-state index in [0.29, 0.717) is 6.04 Å². The molecule has 1 aliphatic carbocycles. The van der Waals surface area contributed by atoms with Gasteiger partial charge in [-0.3, -0.25) is 14.6 Å². The van der Waals surface area contributed by atoms with Crippen LogP contribution in [0.5, 0.6) is 0 Å². The van der Waals surface area contributed by atoms with Gasteiger partial charge in [0, 0.05) is 73.5 Å². The van der Waals surface area contributed by atoms with Gasteiger partial charge in [-0.05, 0) is 82.2 Å². The lowest BCUT2D eigenvalue weighted by Gasteiger charge is -2.53. The zero-order chi connectivity index (χ0) is 26.5. The molecule has 6 nitrogen and oxygen atoms in total. The Bertz CT molecular complexity index is 1270. The standard InChI is InChI=1S/C32H41N5O/c1-24-6-5-7-25(2)29(24)30(38)34-17-14-31(4,15-18-34)36-20-21-37(26(3)22-36)32(12-13-32)27-8-10-28(11-9-27)35-19-16-33-23-35/h5-11,16,19,23,26H,12-15,17-18,20-22H2,1-4H3/t26-/m0/s1. The lowest BCUT2D eigenvalue weighted by Crippen LogP contribution is -2.63. The molecule has 3 aromatic rings. The first-order valence-corrected chi connectivity index (χ1v) is 14.3. The van der Waals surface area contributed by atoms with Crippen LogP contribution in [0.25, 0.3) is 5.69 Å². The lowest BCUT2D eigenvalue weighted by molar-refractivity contribution is -0.0352. The molecule has 0 spiro atoms. The van der Waals surface area contributed by atoms with Gasteiger partial charge in [0.15, 0.2) is 0 Å². The molecule has 38 heavy (non-hydrogen) atoms. The summed E-state index contributed by atoms with van der Waals surface area (Å²) < 4.78 is 2.06. The maximum atomic E-state index is 13.4. The van der Waals surface area contributed by atoms with Crippen molar-refractivity contribution in [2.24, 2.45) is 0 Å². The van der Waals surface area contributed by atoms with Gasteiger partial charge in [0.1, 0.15) is 0 Å². The van der Waals surface area contributed by atoms with Crippen LogP contribution < -0.4 is 0 Å². The van der Waals surface area contributed by atoms with Crippen LogP contribution >= 0.6 is 0 Å². The van der Waals surface area contributed by atoms with Crippen LogP contribution in [0, 0.1) is 13.8 Å². The van der Waals surface area contributed by atoms with Gasteiger partial charge in [-0.25, -0.2) is 4.98 Å². The van der Waals surface area contributed by atoms with Crippen LogP contribution in [-0.4, -0.2) is 74.5 Å². The molecule has 6 heteroatoms. The molecule has 2 aromatic carbocycles. The molecule has 0 N–H and O–H groups in total. The highest BCUT2D eigenvalue weighted by atomic mass is 16.2. The van der Waals surface area contributed by atoms with Crippen molar-refractivity contribution in [2.45, 2.75) is 70.5 Å². The highest BCUT2D eigenvalue weighted by Gasteiger charge is 2.53. The van der Waals surface area contributed by atoms with Crippen LogP contribution in [0.2, 0.25) is 0 Å². The number of carbonyl (C=O) groups is 1. The molecule has 3 aliphatic rings. The Hall–Kier alpha value is -2.96. The molecule has 1 aromatic heterocycles. The SMILES string of the molecule is Cc1cccc(C)c1C(=O)N1CCC(C)(N2CCN(C3(c4ccc(-n5ccnc5)cc4)CC3)[C@@H](C)C2)CC1. The maximum absolute atomic E-state index is 13.4. The number of carbonyl (C=O) groups excluding carboxylic acids is 1. The van der Waals surface area contributed by atoms with Gasteiger partial charge in [0.25, 0.3) is 5.91 Å². The van der Waals surface area contributed by atoms with E-state index < -0.39 is 0 Å². The summed E-state index contributed by atoms with van der Waals surface area (Å²) in [5.74, 6) is 0.204. The van der Waals surface area contributed by atoms with E-state index in [1.165, 1.54) is 18.4 Å². The quantitative estimate of drug-likeness (QED) is 0.474. The molecular weight excluding hydrogens is 470 g/mol. The van der Waals surface area contributed by atoms with Gasteiger partial charge in [-0.15, -0.1) is 0 Å². The first-order chi connectivity index (χ1) is 18.3. The van der Waals surface area contributed by atoms with Crippen LogP contribution in [-0.2, 0) is 5.54 Å². The van der Waals surface area contributed by atoms with Crippen molar-refractivity contribution in [1.29, 1.82) is 0 Å². The number of rotatable bonds is 5. The van der Waals surface area contributed by atoms with Crippen molar-refractivity contribution in [1.82, 2.24) is 24.3 Å². The molecular formula is C32H41N5O. The van der Waals surface area contributed by atoms with Crippen LogP contribution in [0.3, 0.4) is 0 Å². The summed E-state index contributed by atoms with van der Waals surface area (Å²) >= 11 is 0. The van der Waals surface area contributed by atoms with E-state index in [0.717, 1.165) is 67.9 Å². The number of amides is 1. The predicted octanol–water partition coefficient (Wildman–Crippen LogP) is 5.18. The normalized spacial score (nSPS) is 23.4. The monoisotopic (exact) mass is 511 g/mol. The van der Waals surface area contributed by atoms with Crippen LogP contribution in [0.15, 0.2) is 61.2 Å². The van der Waals surface area contributed by atoms with E-state index in [4.69, 9.17) is 0 Å². The van der Waals surface area contributed by atoms with Crippen molar-refractivity contribution in [2.75, 3.05) is 32.7 Å². The predicted molar refractivity (Wildman–Crippen MR) is 152 cm³/mol. The fraction of sp³-hybridized carbons (Fsp3) is 0.500. The number of imidazole rings is 1. The second-order valence-corrected chi connectivity index (χ2v) is 12.1. The molecule has 1 atom stereocenters. The van der Waals surface area contributed by atoms with E-state index in [9.17, 15) is 4.79 Å². The van der Waals surface area contributed by atoms with Crippen LogP contribution in [0.4, 0.5) is 0 Å². The van der Waals surface area contributed by atoms with Crippen molar-refractivity contribution in [3.63, 3.8) is 0 Å². The number of aryl methyl sites for hydroxylation is 2. The third-order valence-electron chi connectivity index (χ3n) is 9.69. The molecule has 2 aliphatic heterocycles. The van der Waals surface area contributed by atoms with Gasteiger partial charge in [0.05, 0.1) is 6.33 Å². The van der Waals surface area contributed by atoms with E-state index >= 15 is 0 Å². The zero-order valence-electron chi connectivity index (χ0n) is 23.4. The summed E-state index contributed by atoms with van der Waals surface area (Å²) in [5.41, 5.74) is 6.02. The Balaban J connectivity index is 1.09. The molecule has 6 rings (SSSR count). The summed E-state index contributed by atoms with van der Waals surface area (Å²) in [6, 6.07) is 15.8. The van der Waals surface area contributed by atoms with Gasteiger partial charge in [-0.2, -0.15) is 0 Å². The smallest absolute Gasteiger partial charge is 0.254 e. The molecule has 1 amide bonds. The molecule has 3 heterocycles. The summed E-state index contributed by atoms with van der Waals surface area (Å²) in [5, 5.41) is 0. The third-order valence-corrected chi connectivity index (χ3v) is 9.69. The number of likely N-dealkylation sites (tertiary alicyclic amines) is 1. The minimum atomic E-state index is 0.154. The average molecular weight is 512 g/mol. The second-order valence-electron chi connectivity index (χ2n) is 12.1. The highest BCUT2D eigenvalue weighted by Crippen LogP contribution is 2.52. The first kappa shape index (κ1) is 25.3. The molecule has 0 unspecified atom stereocenters. The Labute approximate surface area is 227 Å². The van der Waals surface area contributed by atoms with Crippen molar-refractivity contribution in [3.05, 3.63) is 83.4 Å². The molecule has 0 bridgehead atoms. The summed E-state index contributed by atoms with van der Waals surface area (Å²) in [7, 11) is 0. The summed E-state index contributed by atoms with van der Waals surface area (Å²) in [6.45, 7) is 13.9. The Morgan fingerprint density at radius 3 is 2.18 bits per heavy atom. The van der Waals surface area contributed by atoms with Gasteiger partial charge >= 0.3 is 0 Å². The number of nitrogens with zero attached hydrogens (tertiary/aromatic N) is 5. The lowest BCUT2D eigenvalue weighted by atomic mass is 9.85. The molecule has 2 saturated heterocycles. The average Bonchev–Trinajstić information content (AvgIpc) is 3.53. The van der Waals surface area contributed by atoms with Crippen molar-refractivity contribution < 1.29 is 4.79 Å². The fourth-order valence-corrected chi connectivity index (χ4v) is 7.12.